The Bertz CT molecular complexity index is 387. The predicted molar refractivity (Wildman–Crippen MR) is 58.8 cm³/mol. The van der Waals surface area contributed by atoms with Crippen molar-refractivity contribution in [3.63, 3.8) is 0 Å². The molecule has 0 saturated carbocycles. The minimum absolute atomic E-state index is 0.107. The predicted octanol–water partition coefficient (Wildman–Crippen LogP) is 1.81. The molecule has 79 valence electrons. The van der Waals surface area contributed by atoms with Gasteiger partial charge in [-0.1, -0.05) is 6.07 Å². The number of aryl methyl sites for hydroxylation is 1. The van der Waals surface area contributed by atoms with Crippen LogP contribution in [-0.2, 0) is 11.2 Å². The van der Waals surface area contributed by atoms with Crippen LogP contribution in [0, 0.1) is 0 Å². The number of hydrogen-bond acceptors (Lipinski definition) is 2. The molecule has 0 bridgehead atoms. The lowest BCUT2D eigenvalue weighted by molar-refractivity contribution is -0.118. The van der Waals surface area contributed by atoms with Crippen LogP contribution < -0.4 is 11.1 Å². The van der Waals surface area contributed by atoms with E-state index in [1.54, 1.807) is 0 Å². The fraction of sp³-hybridized carbons (Fsp3) is 0.417. The Labute approximate surface area is 89.7 Å². The summed E-state index contributed by atoms with van der Waals surface area (Å²) in [6.45, 7) is 1.46. The van der Waals surface area contributed by atoms with Crippen molar-refractivity contribution in [2.45, 2.75) is 32.2 Å². The zero-order valence-corrected chi connectivity index (χ0v) is 8.86. The maximum Gasteiger partial charge on any atom is 0.243 e. The van der Waals surface area contributed by atoms with Gasteiger partial charge in [-0.3, -0.25) is 4.79 Å². The molecule has 1 amide bonds. The average Bonchev–Trinajstić information content (AvgIpc) is 2.18. The van der Waals surface area contributed by atoms with E-state index in [1.165, 1.54) is 12.5 Å². The molecule has 3 nitrogen and oxygen atoms in total. The molecule has 0 aromatic heterocycles. The van der Waals surface area contributed by atoms with E-state index in [2.05, 4.69) is 5.32 Å². The summed E-state index contributed by atoms with van der Waals surface area (Å²) < 4.78 is 0. The van der Waals surface area contributed by atoms with Crippen LogP contribution in [-0.4, -0.2) is 5.91 Å². The third-order valence-electron chi connectivity index (χ3n) is 2.78. The third-order valence-corrected chi connectivity index (χ3v) is 2.78. The fourth-order valence-electron chi connectivity index (χ4n) is 2.07. The molecule has 3 heteroatoms. The first kappa shape index (κ1) is 10.2. The van der Waals surface area contributed by atoms with Gasteiger partial charge in [0.05, 0.1) is 5.69 Å². The zero-order valence-electron chi connectivity index (χ0n) is 8.86. The molecule has 0 heterocycles. The zero-order chi connectivity index (χ0) is 10.8. The van der Waals surface area contributed by atoms with Gasteiger partial charge >= 0.3 is 0 Å². The second-order valence-electron chi connectivity index (χ2n) is 4.01. The smallest absolute Gasteiger partial charge is 0.243 e. The van der Waals surface area contributed by atoms with Crippen LogP contribution in [0.1, 0.15) is 36.9 Å². The van der Waals surface area contributed by atoms with Crippen LogP contribution in [0.4, 0.5) is 5.69 Å². The van der Waals surface area contributed by atoms with E-state index in [9.17, 15) is 4.79 Å². The van der Waals surface area contributed by atoms with Gasteiger partial charge in [0.25, 0.3) is 0 Å². The number of carbonyl (C=O) groups excluding carboxylic acids is 1. The molecule has 1 aromatic rings. The second-order valence-corrected chi connectivity index (χ2v) is 4.01. The molecule has 2 N–H and O–H groups in total. The summed E-state index contributed by atoms with van der Waals surface area (Å²) in [5.41, 5.74) is 9.20. The molecule has 1 aliphatic carbocycles. The summed E-state index contributed by atoms with van der Waals surface area (Å²) in [6.07, 6.45) is 3.26. The Morgan fingerprint density at radius 1 is 1.53 bits per heavy atom. The van der Waals surface area contributed by atoms with Crippen molar-refractivity contribution >= 4 is 11.6 Å². The Hall–Kier alpha value is -1.35. The SMILES string of the molecule is CC(=O)[N]c1ccc2c(c1)C(N)CCC2. The van der Waals surface area contributed by atoms with E-state index in [0.717, 1.165) is 30.5 Å². The lowest BCUT2D eigenvalue weighted by Crippen LogP contribution is -2.17. The Balaban J connectivity index is 2.31. The molecule has 15 heavy (non-hydrogen) atoms. The van der Waals surface area contributed by atoms with Crippen LogP contribution in [0.5, 0.6) is 0 Å². The molecule has 1 aliphatic rings. The van der Waals surface area contributed by atoms with E-state index in [-0.39, 0.29) is 11.9 Å². The molecule has 0 saturated heterocycles. The number of hydrogen-bond donors (Lipinski definition) is 1. The summed E-state index contributed by atoms with van der Waals surface area (Å²) in [4.78, 5) is 10.9. The van der Waals surface area contributed by atoms with E-state index in [0.29, 0.717) is 0 Å². The Kier molecular flexibility index (Phi) is 2.73. The van der Waals surface area contributed by atoms with Gasteiger partial charge in [0.15, 0.2) is 0 Å². The number of amides is 1. The lowest BCUT2D eigenvalue weighted by Gasteiger charge is -2.22. The molecule has 1 radical (unpaired) electrons. The van der Waals surface area contributed by atoms with Gasteiger partial charge in [-0.25, -0.2) is 5.32 Å². The van der Waals surface area contributed by atoms with E-state index in [4.69, 9.17) is 5.73 Å². The first-order valence-corrected chi connectivity index (χ1v) is 5.27. The topological polar surface area (TPSA) is 57.2 Å². The number of nitrogens with two attached hydrogens (primary N) is 1. The molecular formula is C12H15N2O. The van der Waals surface area contributed by atoms with Crippen LogP contribution in [0.25, 0.3) is 0 Å². The maximum atomic E-state index is 10.9. The van der Waals surface area contributed by atoms with Crippen LogP contribution in [0.3, 0.4) is 0 Å². The van der Waals surface area contributed by atoms with Crippen LogP contribution in [0.15, 0.2) is 18.2 Å². The summed E-state index contributed by atoms with van der Waals surface area (Å²) in [6, 6.07) is 5.98. The molecule has 0 aliphatic heterocycles. The summed E-state index contributed by atoms with van der Waals surface area (Å²) in [5, 5.41) is 3.91. The van der Waals surface area contributed by atoms with Crippen molar-refractivity contribution in [1.82, 2.24) is 5.32 Å². The highest BCUT2D eigenvalue weighted by Gasteiger charge is 2.17. The molecular weight excluding hydrogens is 188 g/mol. The monoisotopic (exact) mass is 203 g/mol. The van der Waals surface area contributed by atoms with Crippen molar-refractivity contribution in [1.29, 1.82) is 0 Å². The van der Waals surface area contributed by atoms with Crippen molar-refractivity contribution in [2.24, 2.45) is 5.73 Å². The number of rotatable bonds is 1. The van der Waals surface area contributed by atoms with E-state index < -0.39 is 0 Å². The quantitative estimate of drug-likeness (QED) is 0.756. The van der Waals surface area contributed by atoms with Gasteiger partial charge in [0, 0.05) is 13.0 Å². The molecule has 1 unspecified atom stereocenters. The maximum absolute atomic E-state index is 10.9. The van der Waals surface area contributed by atoms with Crippen molar-refractivity contribution in [3.8, 4) is 0 Å². The highest BCUT2D eigenvalue weighted by molar-refractivity contribution is 5.78. The van der Waals surface area contributed by atoms with Crippen LogP contribution >= 0.6 is 0 Å². The van der Waals surface area contributed by atoms with Gasteiger partial charge < -0.3 is 5.73 Å². The standard InChI is InChI=1S/C12H15N2O/c1-8(15)14-10-6-5-9-3-2-4-12(13)11(9)7-10/h5-7,12H,2-4,13H2,1H3. The lowest BCUT2D eigenvalue weighted by atomic mass is 9.88. The summed E-state index contributed by atoms with van der Waals surface area (Å²) in [5.74, 6) is -0.167. The highest BCUT2D eigenvalue weighted by atomic mass is 16.1. The number of carbonyl (C=O) groups is 1. The first-order chi connectivity index (χ1) is 7.16. The molecule has 2 rings (SSSR count). The van der Waals surface area contributed by atoms with Crippen molar-refractivity contribution in [3.05, 3.63) is 29.3 Å². The second kappa shape index (κ2) is 4.03. The highest BCUT2D eigenvalue weighted by Crippen LogP contribution is 2.29. The Morgan fingerprint density at radius 3 is 3.07 bits per heavy atom. The minimum atomic E-state index is -0.167. The van der Waals surface area contributed by atoms with E-state index in [1.807, 2.05) is 18.2 Å². The molecule has 0 spiro atoms. The fourth-order valence-corrected chi connectivity index (χ4v) is 2.07. The number of benzene rings is 1. The van der Waals surface area contributed by atoms with Gasteiger partial charge in [-0.2, -0.15) is 0 Å². The Morgan fingerprint density at radius 2 is 2.33 bits per heavy atom. The molecule has 1 atom stereocenters. The van der Waals surface area contributed by atoms with Gasteiger partial charge in [0.1, 0.15) is 0 Å². The largest absolute Gasteiger partial charge is 0.324 e. The summed E-state index contributed by atoms with van der Waals surface area (Å²) in [7, 11) is 0. The summed E-state index contributed by atoms with van der Waals surface area (Å²) >= 11 is 0. The normalized spacial score (nSPS) is 19.5. The average molecular weight is 203 g/mol. The first-order valence-electron chi connectivity index (χ1n) is 5.27. The number of nitrogens with zero attached hydrogens (tertiary/aromatic N) is 1. The van der Waals surface area contributed by atoms with Gasteiger partial charge in [0.2, 0.25) is 5.91 Å². The van der Waals surface area contributed by atoms with Crippen molar-refractivity contribution < 1.29 is 4.79 Å². The minimum Gasteiger partial charge on any atom is -0.324 e. The van der Waals surface area contributed by atoms with Gasteiger partial charge in [-0.15, -0.1) is 0 Å². The number of fused-ring (bicyclic) bond motifs is 1. The van der Waals surface area contributed by atoms with Crippen molar-refractivity contribution in [2.75, 3.05) is 0 Å². The molecule has 0 fully saturated rings. The molecule has 1 aromatic carbocycles. The third kappa shape index (κ3) is 2.18. The van der Waals surface area contributed by atoms with Gasteiger partial charge in [-0.05, 0) is 42.5 Å². The van der Waals surface area contributed by atoms with Crippen LogP contribution in [0.2, 0.25) is 0 Å². The van der Waals surface area contributed by atoms with E-state index >= 15 is 0 Å².